The molecule has 0 saturated heterocycles. The molecule has 3 N–H and O–H groups in total. The predicted molar refractivity (Wildman–Crippen MR) is 106 cm³/mol. The van der Waals surface area contributed by atoms with Gasteiger partial charge in [0.25, 0.3) is 10.0 Å². The minimum absolute atomic E-state index is 0.0809. The van der Waals surface area contributed by atoms with Crippen LogP contribution in [0.3, 0.4) is 0 Å². The number of hydrogen-bond donors (Lipinski definition) is 3. The van der Waals surface area contributed by atoms with E-state index in [1.54, 1.807) is 39.0 Å². The molecule has 2 heterocycles. The van der Waals surface area contributed by atoms with Gasteiger partial charge in [-0.25, -0.2) is 18.2 Å². The summed E-state index contributed by atoms with van der Waals surface area (Å²) in [6.45, 7) is 5.15. The molecule has 28 heavy (non-hydrogen) atoms. The lowest BCUT2D eigenvalue weighted by atomic mass is 10.2. The first kappa shape index (κ1) is 19.7. The molecule has 0 aliphatic carbocycles. The topological polar surface area (TPSA) is 137 Å². The van der Waals surface area contributed by atoms with Crippen molar-refractivity contribution < 1.29 is 17.9 Å². The van der Waals surface area contributed by atoms with E-state index in [1.807, 2.05) is 6.07 Å². The fourth-order valence-corrected chi connectivity index (χ4v) is 4.45. The number of amides is 1. The Balaban J connectivity index is 1.81. The van der Waals surface area contributed by atoms with Gasteiger partial charge < -0.3 is 9.72 Å². The maximum atomic E-state index is 12.7. The number of aromatic amines is 1. The number of benzene rings is 1. The van der Waals surface area contributed by atoms with Crippen molar-refractivity contribution in [1.29, 1.82) is 5.26 Å². The van der Waals surface area contributed by atoms with Crippen LogP contribution >= 0.6 is 11.3 Å². The van der Waals surface area contributed by atoms with E-state index in [-0.39, 0.29) is 9.34 Å². The smallest absolute Gasteiger partial charge is 0.413 e. The zero-order valence-electron chi connectivity index (χ0n) is 15.2. The molecule has 1 amide bonds. The summed E-state index contributed by atoms with van der Waals surface area (Å²) >= 11 is 0.792. The van der Waals surface area contributed by atoms with Crippen molar-refractivity contribution in [3.05, 3.63) is 36.2 Å². The first-order chi connectivity index (χ1) is 13.1. The molecule has 0 aliphatic rings. The van der Waals surface area contributed by atoms with Gasteiger partial charge in [-0.05, 0) is 26.8 Å². The Morgan fingerprint density at radius 1 is 1.36 bits per heavy atom. The highest BCUT2D eigenvalue weighted by atomic mass is 32.2. The number of ether oxygens (including phenoxy) is 1. The second kappa shape index (κ2) is 7.14. The summed E-state index contributed by atoms with van der Waals surface area (Å²) in [4.78, 5) is 18.6. The average Bonchev–Trinajstić information content (AvgIpc) is 3.20. The maximum Gasteiger partial charge on any atom is 0.413 e. The van der Waals surface area contributed by atoms with Gasteiger partial charge in [0.1, 0.15) is 11.7 Å². The van der Waals surface area contributed by atoms with Crippen LogP contribution in [0.25, 0.3) is 10.9 Å². The predicted octanol–water partition coefficient (Wildman–Crippen LogP) is 3.64. The van der Waals surface area contributed by atoms with Crippen molar-refractivity contribution in [2.24, 2.45) is 0 Å². The van der Waals surface area contributed by atoms with Gasteiger partial charge >= 0.3 is 6.09 Å². The van der Waals surface area contributed by atoms with Crippen molar-refractivity contribution >= 4 is 49.2 Å². The molecular weight excluding hydrogens is 402 g/mol. The van der Waals surface area contributed by atoms with Crippen LogP contribution in [0.2, 0.25) is 0 Å². The van der Waals surface area contributed by atoms with Crippen LogP contribution in [0.15, 0.2) is 34.8 Å². The number of sulfonamides is 1. The fourth-order valence-electron chi connectivity index (χ4n) is 2.36. The Morgan fingerprint density at radius 2 is 2.11 bits per heavy atom. The standard InChI is InChI=1S/C17H17N5O4S2/c1-17(2,3)26-16(23)21-15-20-9-13(27-15)28(24,25)22-12-6-4-5-11-10(7-18)8-19-14(11)12/h4-6,8-9,19,22H,1-3H3,(H,20,21,23). The van der Waals surface area contributed by atoms with Gasteiger partial charge in [-0.1, -0.05) is 23.5 Å². The number of para-hydroxylation sites is 1. The van der Waals surface area contributed by atoms with E-state index in [4.69, 9.17) is 10.00 Å². The van der Waals surface area contributed by atoms with Crippen molar-refractivity contribution in [2.45, 2.75) is 30.6 Å². The molecule has 0 atom stereocenters. The molecule has 2 aromatic heterocycles. The van der Waals surface area contributed by atoms with E-state index >= 15 is 0 Å². The normalized spacial score (nSPS) is 11.8. The van der Waals surface area contributed by atoms with Gasteiger partial charge in [0.2, 0.25) is 0 Å². The van der Waals surface area contributed by atoms with E-state index in [2.05, 4.69) is 20.0 Å². The molecule has 146 valence electrons. The molecule has 3 rings (SSSR count). The van der Waals surface area contributed by atoms with E-state index in [0.717, 1.165) is 17.5 Å². The summed E-state index contributed by atoms with van der Waals surface area (Å²) in [5.74, 6) is 0. The summed E-state index contributed by atoms with van der Waals surface area (Å²) in [6, 6.07) is 6.99. The number of rotatable bonds is 4. The largest absolute Gasteiger partial charge is 0.444 e. The molecule has 0 fully saturated rings. The molecule has 0 unspecified atom stereocenters. The molecule has 11 heteroatoms. The van der Waals surface area contributed by atoms with Crippen LogP contribution in [-0.4, -0.2) is 30.1 Å². The number of hydrogen-bond acceptors (Lipinski definition) is 7. The van der Waals surface area contributed by atoms with Gasteiger partial charge in [-0.15, -0.1) is 0 Å². The quantitative estimate of drug-likeness (QED) is 0.590. The molecule has 0 bridgehead atoms. The number of nitrogens with one attached hydrogen (secondary N) is 3. The number of aromatic nitrogens is 2. The van der Waals surface area contributed by atoms with Gasteiger partial charge in [0, 0.05) is 11.6 Å². The van der Waals surface area contributed by atoms with Crippen LogP contribution in [0.1, 0.15) is 26.3 Å². The second-order valence-corrected chi connectivity index (χ2v) is 9.70. The summed E-state index contributed by atoms with van der Waals surface area (Å²) in [5, 5.41) is 12.2. The Labute approximate surface area is 165 Å². The van der Waals surface area contributed by atoms with E-state index in [0.29, 0.717) is 22.2 Å². The number of nitrogens with zero attached hydrogens (tertiary/aromatic N) is 2. The lowest BCUT2D eigenvalue weighted by Gasteiger charge is -2.18. The number of fused-ring (bicyclic) bond motifs is 1. The Morgan fingerprint density at radius 3 is 2.79 bits per heavy atom. The lowest BCUT2D eigenvalue weighted by molar-refractivity contribution is 0.0636. The number of nitriles is 1. The van der Waals surface area contributed by atoms with Crippen molar-refractivity contribution in [1.82, 2.24) is 9.97 Å². The minimum Gasteiger partial charge on any atom is -0.444 e. The highest BCUT2D eigenvalue weighted by molar-refractivity contribution is 7.94. The third-order valence-electron chi connectivity index (χ3n) is 3.44. The lowest BCUT2D eigenvalue weighted by Crippen LogP contribution is -2.27. The van der Waals surface area contributed by atoms with Crippen LogP contribution in [-0.2, 0) is 14.8 Å². The van der Waals surface area contributed by atoms with Crippen molar-refractivity contribution in [3.63, 3.8) is 0 Å². The summed E-state index contributed by atoms with van der Waals surface area (Å²) in [6.07, 6.45) is 1.94. The third kappa shape index (κ3) is 4.24. The molecule has 3 aromatic rings. The first-order valence-electron chi connectivity index (χ1n) is 8.08. The Kier molecular flexibility index (Phi) is 5.01. The molecule has 0 spiro atoms. The molecular formula is C17H17N5O4S2. The van der Waals surface area contributed by atoms with Crippen LogP contribution < -0.4 is 10.0 Å². The number of thiazole rings is 1. The van der Waals surface area contributed by atoms with Gasteiger partial charge in [0.15, 0.2) is 9.34 Å². The Bertz CT molecular complexity index is 1180. The van der Waals surface area contributed by atoms with E-state index < -0.39 is 21.7 Å². The molecule has 1 aromatic carbocycles. The summed E-state index contributed by atoms with van der Waals surface area (Å²) < 4.78 is 32.9. The van der Waals surface area contributed by atoms with E-state index in [1.165, 1.54) is 6.20 Å². The monoisotopic (exact) mass is 419 g/mol. The van der Waals surface area contributed by atoms with Gasteiger partial charge in [-0.2, -0.15) is 5.26 Å². The third-order valence-corrected chi connectivity index (χ3v) is 6.18. The number of anilines is 2. The summed E-state index contributed by atoms with van der Waals surface area (Å²) in [7, 11) is -3.94. The fraction of sp³-hybridized carbons (Fsp3) is 0.235. The number of H-pyrrole nitrogens is 1. The molecule has 0 radical (unpaired) electrons. The molecule has 0 saturated carbocycles. The van der Waals surface area contributed by atoms with Crippen molar-refractivity contribution in [2.75, 3.05) is 10.0 Å². The van der Waals surface area contributed by atoms with Crippen LogP contribution in [0.4, 0.5) is 15.6 Å². The summed E-state index contributed by atoms with van der Waals surface area (Å²) in [5.41, 5.74) is 0.528. The average molecular weight is 419 g/mol. The van der Waals surface area contributed by atoms with Gasteiger partial charge in [-0.3, -0.25) is 10.0 Å². The maximum absolute atomic E-state index is 12.7. The molecule has 0 aliphatic heterocycles. The number of carbonyl (C=O) groups is 1. The molecule has 9 nitrogen and oxygen atoms in total. The zero-order valence-corrected chi connectivity index (χ0v) is 16.9. The number of carbonyl (C=O) groups excluding carboxylic acids is 1. The van der Waals surface area contributed by atoms with Crippen LogP contribution in [0.5, 0.6) is 0 Å². The first-order valence-corrected chi connectivity index (χ1v) is 10.4. The van der Waals surface area contributed by atoms with Crippen LogP contribution in [0, 0.1) is 11.3 Å². The highest BCUT2D eigenvalue weighted by Crippen LogP contribution is 2.29. The Hall–Kier alpha value is -3.10. The van der Waals surface area contributed by atoms with Crippen molar-refractivity contribution in [3.8, 4) is 6.07 Å². The highest BCUT2D eigenvalue weighted by Gasteiger charge is 2.22. The van der Waals surface area contributed by atoms with Gasteiger partial charge in [0.05, 0.1) is 23.0 Å². The van der Waals surface area contributed by atoms with E-state index in [9.17, 15) is 13.2 Å². The zero-order chi connectivity index (χ0) is 20.5. The SMILES string of the molecule is CC(C)(C)OC(=O)Nc1ncc(S(=O)(=O)Nc2cccc3c(C#N)c[nH]c23)s1. The minimum atomic E-state index is -3.94. The second-order valence-electron chi connectivity index (χ2n) is 6.76.